The third-order valence-corrected chi connectivity index (χ3v) is 5.34. The van der Waals surface area contributed by atoms with Crippen molar-refractivity contribution < 1.29 is 22.7 Å². The molecule has 3 aromatic heterocycles. The Kier molecular flexibility index (Phi) is 6.50. The number of carbonyl (C=O) groups excluding carboxylic acids is 1. The summed E-state index contributed by atoms with van der Waals surface area (Å²) in [6, 6.07) is 10.5. The number of hydrogen-bond acceptors (Lipinski definition) is 7. The lowest BCUT2D eigenvalue weighted by atomic mass is 10.1. The van der Waals surface area contributed by atoms with Crippen molar-refractivity contribution in [3.63, 3.8) is 0 Å². The molecule has 1 aromatic carbocycles. The van der Waals surface area contributed by atoms with Gasteiger partial charge in [0.15, 0.2) is 0 Å². The van der Waals surface area contributed by atoms with E-state index in [0.29, 0.717) is 28.4 Å². The maximum Gasteiger partial charge on any atom is 0.573 e. The van der Waals surface area contributed by atoms with Crippen molar-refractivity contribution >= 4 is 22.6 Å². The molecule has 1 unspecified atom stereocenters. The van der Waals surface area contributed by atoms with Crippen LogP contribution in [0.25, 0.3) is 10.9 Å². The molecule has 180 valence electrons. The monoisotopic (exact) mass is 482 g/mol. The minimum absolute atomic E-state index is 0.00159. The van der Waals surface area contributed by atoms with E-state index in [2.05, 4.69) is 24.7 Å². The standard InChI is InChI=1S/C24H21F3N6O2/c1-14-10-17-11-16(4-7-20(17)32-21(14)28)23(34)33(15(2)22-29-8-3-9-30-22)13-18-5-6-19(12-31-18)35-24(25,26)27/h3-12,15H,13H2,1-2H3,(H2,28,32). The molecule has 0 aliphatic heterocycles. The van der Waals surface area contributed by atoms with E-state index in [4.69, 9.17) is 5.73 Å². The van der Waals surface area contributed by atoms with Gasteiger partial charge in [0, 0.05) is 23.3 Å². The number of hydrogen-bond donors (Lipinski definition) is 1. The zero-order valence-corrected chi connectivity index (χ0v) is 18.8. The Morgan fingerprint density at radius 2 is 1.86 bits per heavy atom. The van der Waals surface area contributed by atoms with Crippen LogP contribution in [0.5, 0.6) is 5.75 Å². The molecular weight excluding hydrogens is 461 g/mol. The molecule has 8 nitrogen and oxygen atoms in total. The van der Waals surface area contributed by atoms with Gasteiger partial charge in [-0.1, -0.05) is 0 Å². The molecule has 0 spiro atoms. The number of nitrogens with zero attached hydrogens (tertiary/aromatic N) is 5. The number of alkyl halides is 3. The molecule has 2 N–H and O–H groups in total. The van der Waals surface area contributed by atoms with Crippen molar-refractivity contribution in [3.05, 3.63) is 83.7 Å². The first-order chi connectivity index (χ1) is 16.6. The van der Waals surface area contributed by atoms with Gasteiger partial charge in [-0.15, -0.1) is 13.2 Å². The summed E-state index contributed by atoms with van der Waals surface area (Å²) in [5, 5.41) is 0.748. The van der Waals surface area contributed by atoms with Gasteiger partial charge in [0.05, 0.1) is 30.0 Å². The van der Waals surface area contributed by atoms with Crippen LogP contribution in [-0.4, -0.2) is 37.1 Å². The lowest BCUT2D eigenvalue weighted by molar-refractivity contribution is -0.274. The molecule has 4 rings (SSSR count). The molecule has 0 aliphatic carbocycles. The smallest absolute Gasteiger partial charge is 0.404 e. The molecule has 35 heavy (non-hydrogen) atoms. The maximum absolute atomic E-state index is 13.6. The van der Waals surface area contributed by atoms with Gasteiger partial charge in [0.1, 0.15) is 17.4 Å². The number of nitrogens with two attached hydrogens (primary N) is 1. The highest BCUT2D eigenvalue weighted by Crippen LogP contribution is 2.26. The molecule has 0 aliphatic rings. The van der Waals surface area contributed by atoms with Crippen LogP contribution in [0.4, 0.5) is 19.0 Å². The van der Waals surface area contributed by atoms with Gasteiger partial charge in [-0.25, -0.2) is 15.0 Å². The number of aromatic nitrogens is 4. The third-order valence-electron chi connectivity index (χ3n) is 5.34. The van der Waals surface area contributed by atoms with Crippen molar-refractivity contribution in [2.24, 2.45) is 0 Å². The number of nitrogen functional groups attached to an aromatic ring is 1. The van der Waals surface area contributed by atoms with E-state index in [1.807, 2.05) is 13.0 Å². The van der Waals surface area contributed by atoms with Crippen LogP contribution in [0.2, 0.25) is 0 Å². The third kappa shape index (κ3) is 5.62. The van der Waals surface area contributed by atoms with E-state index in [0.717, 1.165) is 23.2 Å². The minimum atomic E-state index is -4.82. The molecule has 0 saturated heterocycles. The van der Waals surface area contributed by atoms with E-state index in [9.17, 15) is 18.0 Å². The Bertz CT molecular complexity index is 1350. The second kappa shape index (κ2) is 9.53. The molecule has 0 saturated carbocycles. The largest absolute Gasteiger partial charge is 0.573 e. The van der Waals surface area contributed by atoms with Crippen molar-refractivity contribution in [2.45, 2.75) is 32.8 Å². The van der Waals surface area contributed by atoms with E-state index in [-0.39, 0.29) is 12.5 Å². The van der Waals surface area contributed by atoms with Crippen LogP contribution in [0.15, 0.2) is 61.1 Å². The molecule has 1 amide bonds. The summed E-state index contributed by atoms with van der Waals surface area (Å²) in [6.07, 6.45) is -0.724. The van der Waals surface area contributed by atoms with Crippen molar-refractivity contribution in [3.8, 4) is 5.75 Å². The van der Waals surface area contributed by atoms with Crippen LogP contribution in [-0.2, 0) is 6.54 Å². The number of fused-ring (bicyclic) bond motifs is 1. The SMILES string of the molecule is Cc1cc2cc(C(=O)N(Cc3ccc(OC(F)(F)F)cn3)C(C)c3ncccn3)ccc2nc1N. The Hall–Kier alpha value is -4.28. The summed E-state index contributed by atoms with van der Waals surface area (Å²) in [7, 11) is 0. The molecular formula is C24H21F3N6O2. The van der Waals surface area contributed by atoms with Gasteiger partial charge >= 0.3 is 6.36 Å². The molecule has 0 fully saturated rings. The number of benzene rings is 1. The van der Waals surface area contributed by atoms with Gasteiger partial charge in [-0.05, 0) is 61.9 Å². The summed E-state index contributed by atoms with van der Waals surface area (Å²) < 4.78 is 41.3. The molecule has 11 heteroatoms. The molecule has 1 atom stereocenters. The fraction of sp³-hybridized carbons (Fsp3) is 0.208. The molecule has 0 radical (unpaired) electrons. The van der Waals surface area contributed by atoms with Crippen molar-refractivity contribution in [1.82, 2.24) is 24.8 Å². The average Bonchev–Trinajstić information content (AvgIpc) is 2.83. The quantitative estimate of drug-likeness (QED) is 0.428. The van der Waals surface area contributed by atoms with Crippen LogP contribution in [0.3, 0.4) is 0 Å². The first kappa shape index (κ1) is 23.9. The number of pyridine rings is 2. The fourth-order valence-corrected chi connectivity index (χ4v) is 3.52. The zero-order chi connectivity index (χ0) is 25.2. The Balaban J connectivity index is 1.67. The van der Waals surface area contributed by atoms with Crippen LogP contribution in [0, 0.1) is 6.92 Å². The average molecular weight is 482 g/mol. The lowest BCUT2D eigenvalue weighted by Gasteiger charge is -2.28. The van der Waals surface area contributed by atoms with Crippen LogP contribution < -0.4 is 10.5 Å². The second-order valence-corrected chi connectivity index (χ2v) is 7.85. The predicted octanol–water partition coefficient (Wildman–Crippen LogP) is 4.61. The van der Waals surface area contributed by atoms with Crippen molar-refractivity contribution in [2.75, 3.05) is 5.73 Å². The van der Waals surface area contributed by atoms with E-state index < -0.39 is 18.2 Å². The second-order valence-electron chi connectivity index (χ2n) is 7.85. The number of carbonyl (C=O) groups is 1. The number of rotatable bonds is 6. The lowest BCUT2D eigenvalue weighted by Crippen LogP contribution is -2.34. The number of halogens is 3. The van der Waals surface area contributed by atoms with Gasteiger partial charge < -0.3 is 15.4 Å². The Morgan fingerprint density at radius 1 is 1.11 bits per heavy atom. The summed E-state index contributed by atoms with van der Waals surface area (Å²) in [5.41, 5.74) is 8.08. The van der Waals surface area contributed by atoms with E-state index in [1.165, 1.54) is 11.0 Å². The first-order valence-corrected chi connectivity index (χ1v) is 10.6. The van der Waals surface area contributed by atoms with E-state index >= 15 is 0 Å². The summed E-state index contributed by atoms with van der Waals surface area (Å²) in [5.74, 6) is 0.0370. The predicted molar refractivity (Wildman–Crippen MR) is 122 cm³/mol. The summed E-state index contributed by atoms with van der Waals surface area (Å²) in [6.45, 7) is 3.60. The summed E-state index contributed by atoms with van der Waals surface area (Å²) >= 11 is 0. The highest BCUT2D eigenvalue weighted by Gasteiger charge is 2.31. The number of anilines is 1. The number of ether oxygens (including phenoxy) is 1. The van der Waals surface area contributed by atoms with E-state index in [1.54, 1.807) is 43.6 Å². The van der Waals surface area contributed by atoms with Gasteiger partial charge in [-0.3, -0.25) is 9.78 Å². The highest BCUT2D eigenvalue weighted by molar-refractivity contribution is 5.98. The normalized spacial score (nSPS) is 12.4. The Labute approximate surface area is 198 Å². The number of amides is 1. The topological polar surface area (TPSA) is 107 Å². The first-order valence-electron chi connectivity index (χ1n) is 10.6. The molecule has 4 aromatic rings. The molecule has 3 heterocycles. The molecule has 0 bridgehead atoms. The van der Waals surface area contributed by atoms with Crippen LogP contribution >= 0.6 is 0 Å². The van der Waals surface area contributed by atoms with Gasteiger partial charge in [0.25, 0.3) is 5.91 Å². The zero-order valence-electron chi connectivity index (χ0n) is 18.8. The minimum Gasteiger partial charge on any atom is -0.404 e. The van der Waals surface area contributed by atoms with Crippen LogP contribution in [0.1, 0.15) is 40.4 Å². The van der Waals surface area contributed by atoms with Crippen molar-refractivity contribution in [1.29, 1.82) is 0 Å². The fourth-order valence-electron chi connectivity index (χ4n) is 3.52. The highest BCUT2D eigenvalue weighted by atomic mass is 19.4. The summed E-state index contributed by atoms with van der Waals surface area (Å²) in [4.78, 5) is 32.0. The Morgan fingerprint density at radius 3 is 2.51 bits per heavy atom. The maximum atomic E-state index is 13.6. The van der Waals surface area contributed by atoms with Gasteiger partial charge in [0.2, 0.25) is 0 Å². The number of aryl methyl sites for hydroxylation is 1. The van der Waals surface area contributed by atoms with Gasteiger partial charge in [-0.2, -0.15) is 0 Å².